The first-order valence-electron chi connectivity index (χ1n) is 3.95. The number of rotatable bonds is 2. The summed E-state index contributed by atoms with van der Waals surface area (Å²) >= 11 is 13.8. The lowest BCUT2D eigenvalue weighted by Crippen LogP contribution is -1.95. The van der Waals surface area contributed by atoms with Gasteiger partial charge in [0.05, 0.1) is 15.1 Å². The number of halogens is 3. The van der Waals surface area contributed by atoms with E-state index in [1.807, 2.05) is 0 Å². The van der Waals surface area contributed by atoms with Crippen LogP contribution in [0.4, 0.5) is 0 Å². The van der Waals surface area contributed by atoms with Gasteiger partial charge in [0.25, 0.3) is 0 Å². The first-order chi connectivity index (χ1) is 7.09. The van der Waals surface area contributed by atoms with Crippen molar-refractivity contribution < 1.29 is 9.52 Å². The number of aliphatic hydroxyl groups is 1. The van der Waals surface area contributed by atoms with Crippen molar-refractivity contribution in [1.29, 1.82) is 0 Å². The average Bonchev–Trinajstić information content (AvgIpc) is 2.74. The predicted molar refractivity (Wildman–Crippen MR) is 67.5 cm³/mol. The fraction of sp³-hybridized carbons (Fsp3) is 0.111. The topological polar surface area (TPSA) is 33.4 Å². The summed E-state index contributed by atoms with van der Waals surface area (Å²) in [6.45, 7) is 0. The zero-order valence-corrected chi connectivity index (χ0v) is 12.0. The van der Waals surface area contributed by atoms with Gasteiger partial charge in [0.2, 0.25) is 0 Å². The molecule has 0 aliphatic heterocycles. The summed E-state index contributed by atoms with van der Waals surface area (Å²) in [5.41, 5.74) is 0.695. The lowest BCUT2D eigenvalue weighted by atomic mass is 10.2. The van der Waals surface area contributed by atoms with Crippen molar-refractivity contribution in [2.75, 3.05) is 0 Å². The molecule has 1 unspecified atom stereocenters. The number of thiophene rings is 1. The summed E-state index contributed by atoms with van der Waals surface area (Å²) < 4.78 is 6.42. The highest BCUT2D eigenvalue weighted by Gasteiger charge is 2.19. The van der Waals surface area contributed by atoms with E-state index in [2.05, 4.69) is 31.9 Å². The van der Waals surface area contributed by atoms with Crippen LogP contribution >= 0.6 is 54.8 Å². The maximum atomic E-state index is 10.0. The highest BCUT2D eigenvalue weighted by atomic mass is 79.9. The van der Waals surface area contributed by atoms with Crippen LogP contribution in [0.2, 0.25) is 5.02 Å². The van der Waals surface area contributed by atoms with Gasteiger partial charge >= 0.3 is 0 Å². The Bertz CT molecular complexity index is 461. The molecule has 2 aromatic rings. The Morgan fingerprint density at radius 1 is 1.47 bits per heavy atom. The summed E-state index contributed by atoms with van der Waals surface area (Å²) in [6, 6.07) is 3.46. The summed E-state index contributed by atoms with van der Waals surface area (Å²) in [5, 5.41) is 10.6. The molecule has 0 radical (unpaired) electrons. The van der Waals surface area contributed by atoms with E-state index in [4.69, 9.17) is 16.0 Å². The zero-order chi connectivity index (χ0) is 11.0. The van der Waals surface area contributed by atoms with E-state index in [0.29, 0.717) is 15.3 Å². The molecule has 0 saturated carbocycles. The van der Waals surface area contributed by atoms with Crippen molar-refractivity contribution >= 4 is 54.8 Å². The lowest BCUT2D eigenvalue weighted by Gasteiger charge is -2.05. The standard InChI is InChI=1S/C9H5Br2ClO2S/c10-8-4(1-2-14-8)7(13)6-3-5(12)9(11)15-6/h1-3,7,13H. The van der Waals surface area contributed by atoms with E-state index in [-0.39, 0.29) is 0 Å². The largest absolute Gasteiger partial charge is 0.457 e. The lowest BCUT2D eigenvalue weighted by molar-refractivity contribution is 0.222. The van der Waals surface area contributed by atoms with Gasteiger partial charge in [-0.05, 0) is 44.0 Å². The van der Waals surface area contributed by atoms with Gasteiger partial charge in [-0.3, -0.25) is 0 Å². The van der Waals surface area contributed by atoms with Crippen LogP contribution in [0.5, 0.6) is 0 Å². The molecule has 80 valence electrons. The van der Waals surface area contributed by atoms with Gasteiger partial charge in [-0.1, -0.05) is 11.6 Å². The molecular weight excluding hydrogens is 367 g/mol. The van der Waals surface area contributed by atoms with Crippen LogP contribution in [0.15, 0.2) is 31.3 Å². The Balaban J connectivity index is 2.36. The minimum absolute atomic E-state index is 0.538. The van der Waals surface area contributed by atoms with E-state index in [1.165, 1.54) is 17.6 Å². The second kappa shape index (κ2) is 4.59. The first-order valence-corrected chi connectivity index (χ1v) is 6.73. The van der Waals surface area contributed by atoms with Crippen molar-refractivity contribution in [3.8, 4) is 0 Å². The minimum atomic E-state index is -0.716. The molecule has 0 aliphatic carbocycles. The molecular formula is C9H5Br2ClO2S. The number of aliphatic hydroxyl groups excluding tert-OH is 1. The van der Waals surface area contributed by atoms with Crippen molar-refractivity contribution in [2.24, 2.45) is 0 Å². The molecule has 2 heterocycles. The summed E-state index contributed by atoms with van der Waals surface area (Å²) in [6.07, 6.45) is 0.805. The Morgan fingerprint density at radius 2 is 2.20 bits per heavy atom. The number of hydrogen-bond acceptors (Lipinski definition) is 3. The van der Waals surface area contributed by atoms with Crippen LogP contribution < -0.4 is 0 Å². The normalized spacial score (nSPS) is 13.1. The molecule has 0 fully saturated rings. The number of hydrogen-bond donors (Lipinski definition) is 1. The van der Waals surface area contributed by atoms with Gasteiger partial charge < -0.3 is 9.52 Å². The average molecular weight is 372 g/mol. The van der Waals surface area contributed by atoms with E-state index < -0.39 is 6.10 Å². The van der Waals surface area contributed by atoms with Crippen LogP contribution in [0.25, 0.3) is 0 Å². The highest BCUT2D eigenvalue weighted by molar-refractivity contribution is 9.11. The van der Waals surface area contributed by atoms with Crippen LogP contribution in [-0.4, -0.2) is 5.11 Å². The summed E-state index contributed by atoms with van der Waals surface area (Å²) in [7, 11) is 0. The van der Waals surface area contributed by atoms with Gasteiger partial charge in [-0.15, -0.1) is 11.3 Å². The van der Waals surface area contributed by atoms with Crippen LogP contribution in [-0.2, 0) is 0 Å². The second-order valence-electron chi connectivity index (χ2n) is 2.82. The molecule has 0 aromatic carbocycles. The smallest absolute Gasteiger partial charge is 0.175 e. The molecule has 0 saturated heterocycles. The molecule has 1 N–H and O–H groups in total. The van der Waals surface area contributed by atoms with Gasteiger partial charge in [-0.2, -0.15) is 0 Å². The highest BCUT2D eigenvalue weighted by Crippen LogP contribution is 2.39. The second-order valence-corrected chi connectivity index (χ2v) is 6.35. The third-order valence-electron chi connectivity index (χ3n) is 1.87. The third kappa shape index (κ3) is 2.31. The molecule has 6 heteroatoms. The molecule has 0 amide bonds. The molecule has 1 atom stereocenters. The third-order valence-corrected chi connectivity index (χ3v) is 5.05. The van der Waals surface area contributed by atoms with Crippen LogP contribution in [0.1, 0.15) is 16.5 Å². The van der Waals surface area contributed by atoms with E-state index in [9.17, 15) is 5.11 Å². The molecule has 0 bridgehead atoms. The maximum absolute atomic E-state index is 10.0. The predicted octanol–water partition coefficient (Wildman–Crippen LogP) is 4.60. The Kier molecular flexibility index (Phi) is 3.57. The van der Waals surface area contributed by atoms with Crippen molar-refractivity contribution in [2.45, 2.75) is 6.10 Å². The maximum Gasteiger partial charge on any atom is 0.175 e. The summed E-state index contributed by atoms with van der Waals surface area (Å²) in [5.74, 6) is 0. The van der Waals surface area contributed by atoms with Crippen molar-refractivity contribution in [1.82, 2.24) is 0 Å². The Labute approximate surface area is 112 Å². The van der Waals surface area contributed by atoms with E-state index >= 15 is 0 Å². The first kappa shape index (κ1) is 11.7. The SMILES string of the molecule is OC(c1cc(Cl)c(Br)s1)c1ccoc1Br. The summed E-state index contributed by atoms with van der Waals surface area (Å²) in [4.78, 5) is 0.772. The Hall–Kier alpha value is 0.190. The Morgan fingerprint density at radius 3 is 2.67 bits per heavy atom. The quantitative estimate of drug-likeness (QED) is 0.836. The van der Waals surface area contributed by atoms with Crippen molar-refractivity contribution in [3.05, 3.63) is 42.3 Å². The molecule has 0 aliphatic rings. The minimum Gasteiger partial charge on any atom is -0.457 e. The molecule has 2 nitrogen and oxygen atoms in total. The van der Waals surface area contributed by atoms with Crippen molar-refractivity contribution in [3.63, 3.8) is 0 Å². The monoisotopic (exact) mass is 370 g/mol. The van der Waals surface area contributed by atoms with Crippen LogP contribution in [0.3, 0.4) is 0 Å². The molecule has 2 aromatic heterocycles. The van der Waals surface area contributed by atoms with Gasteiger partial charge in [0.1, 0.15) is 6.10 Å². The fourth-order valence-corrected chi connectivity index (χ4v) is 3.36. The van der Waals surface area contributed by atoms with E-state index in [1.54, 1.807) is 12.1 Å². The zero-order valence-electron chi connectivity index (χ0n) is 7.21. The number of furan rings is 1. The van der Waals surface area contributed by atoms with Gasteiger partial charge in [0.15, 0.2) is 4.67 Å². The molecule has 0 spiro atoms. The molecule has 15 heavy (non-hydrogen) atoms. The molecule has 2 rings (SSSR count). The van der Waals surface area contributed by atoms with Gasteiger partial charge in [0, 0.05) is 10.4 Å². The van der Waals surface area contributed by atoms with Gasteiger partial charge in [-0.25, -0.2) is 0 Å². The van der Waals surface area contributed by atoms with E-state index in [0.717, 1.165) is 8.66 Å². The fourth-order valence-electron chi connectivity index (χ4n) is 1.15. The van der Waals surface area contributed by atoms with Crippen LogP contribution in [0, 0.1) is 0 Å².